The number of nitrogens with one attached hydrogen (secondary N) is 2. The van der Waals surface area contributed by atoms with Gasteiger partial charge in [0.15, 0.2) is 11.1 Å². The van der Waals surface area contributed by atoms with E-state index < -0.39 is 12.7 Å². The van der Waals surface area contributed by atoms with Gasteiger partial charge in [0, 0.05) is 18.4 Å². The molecule has 7 nitrogen and oxygen atoms in total. The standard InChI is InChI=1S/C11H16F3N7S/c12-11(13,14)6-19-9(17)20-8-3-4-18-10(21-8)22-5-1-2-7(15)16/h3-4H,1-2,5-6H2,(H3,15,16)(H3,17,18,19,20,21). The highest BCUT2D eigenvalue weighted by Crippen LogP contribution is 2.16. The lowest BCUT2D eigenvalue weighted by atomic mass is 10.3. The Morgan fingerprint density at radius 3 is 2.77 bits per heavy atom. The van der Waals surface area contributed by atoms with Gasteiger partial charge in [-0.05, 0) is 12.5 Å². The fourth-order valence-electron chi connectivity index (χ4n) is 1.25. The first kappa shape index (κ1) is 18.0. The molecule has 0 radical (unpaired) electrons. The second-order valence-corrected chi connectivity index (χ2v) is 5.21. The van der Waals surface area contributed by atoms with E-state index in [9.17, 15) is 13.2 Å². The number of guanidine groups is 1. The number of anilines is 1. The number of rotatable bonds is 7. The van der Waals surface area contributed by atoms with E-state index in [1.165, 1.54) is 24.0 Å². The normalized spacial score (nSPS) is 12.2. The van der Waals surface area contributed by atoms with Gasteiger partial charge in [-0.25, -0.2) is 15.0 Å². The maximum Gasteiger partial charge on any atom is 0.408 e. The molecule has 1 heterocycles. The minimum absolute atomic E-state index is 0.116. The van der Waals surface area contributed by atoms with Gasteiger partial charge in [-0.1, -0.05) is 11.8 Å². The number of aromatic nitrogens is 2. The van der Waals surface area contributed by atoms with Gasteiger partial charge in [0.05, 0.1) is 5.84 Å². The second-order valence-electron chi connectivity index (χ2n) is 4.14. The van der Waals surface area contributed by atoms with Gasteiger partial charge in [-0.2, -0.15) is 13.2 Å². The summed E-state index contributed by atoms with van der Waals surface area (Å²) < 4.78 is 36.0. The van der Waals surface area contributed by atoms with E-state index in [1.54, 1.807) is 0 Å². The fraction of sp³-hybridized carbons (Fsp3) is 0.455. The van der Waals surface area contributed by atoms with Crippen molar-refractivity contribution < 1.29 is 13.2 Å². The summed E-state index contributed by atoms with van der Waals surface area (Å²) in [5, 5.41) is 10.0. The van der Waals surface area contributed by atoms with Crippen molar-refractivity contribution in [1.29, 1.82) is 5.41 Å². The molecule has 6 N–H and O–H groups in total. The van der Waals surface area contributed by atoms with E-state index in [2.05, 4.69) is 20.3 Å². The van der Waals surface area contributed by atoms with Crippen molar-refractivity contribution in [2.75, 3.05) is 17.6 Å². The molecule has 0 bridgehead atoms. The van der Waals surface area contributed by atoms with Crippen LogP contribution < -0.4 is 16.8 Å². The Morgan fingerprint density at radius 2 is 2.14 bits per heavy atom. The SMILES string of the molecule is N=C(N)CCCSc1nccc(NC(N)=NCC(F)(F)F)n1. The molecule has 0 atom stereocenters. The lowest BCUT2D eigenvalue weighted by Gasteiger charge is -2.07. The largest absolute Gasteiger partial charge is 0.408 e. The lowest BCUT2D eigenvalue weighted by Crippen LogP contribution is -2.26. The van der Waals surface area contributed by atoms with Crippen LogP contribution in [0.2, 0.25) is 0 Å². The Labute approximate surface area is 129 Å². The Morgan fingerprint density at radius 1 is 1.41 bits per heavy atom. The molecule has 0 aliphatic rings. The molecule has 0 saturated carbocycles. The smallest absolute Gasteiger partial charge is 0.388 e. The molecule has 1 rings (SSSR count). The summed E-state index contributed by atoms with van der Waals surface area (Å²) in [5.74, 6) is 0.669. The maximum absolute atomic E-state index is 12.0. The predicted molar refractivity (Wildman–Crippen MR) is 80.1 cm³/mol. The van der Waals surface area contributed by atoms with Gasteiger partial charge < -0.3 is 16.8 Å². The molecule has 0 aromatic carbocycles. The van der Waals surface area contributed by atoms with Crippen LogP contribution in [0.1, 0.15) is 12.8 Å². The first-order valence-corrected chi connectivity index (χ1v) is 7.17. The van der Waals surface area contributed by atoms with Crippen LogP contribution in [0.3, 0.4) is 0 Å². The average Bonchev–Trinajstić information content (AvgIpc) is 2.41. The van der Waals surface area contributed by atoms with Gasteiger partial charge >= 0.3 is 6.18 Å². The fourth-order valence-corrected chi connectivity index (χ4v) is 2.02. The Kier molecular flexibility index (Phi) is 6.89. The number of aliphatic imine (C=N–C) groups is 1. The lowest BCUT2D eigenvalue weighted by molar-refractivity contribution is -0.118. The van der Waals surface area contributed by atoms with Crippen LogP contribution in [0.15, 0.2) is 22.4 Å². The zero-order chi connectivity index (χ0) is 16.6. The summed E-state index contributed by atoms with van der Waals surface area (Å²) in [6.45, 7) is -1.36. The number of hydrogen-bond donors (Lipinski definition) is 4. The number of amidine groups is 1. The Hall–Kier alpha value is -2.04. The summed E-state index contributed by atoms with van der Waals surface area (Å²) in [5.41, 5.74) is 10.6. The van der Waals surface area contributed by atoms with Crippen molar-refractivity contribution in [2.45, 2.75) is 24.2 Å². The van der Waals surface area contributed by atoms with Crippen molar-refractivity contribution in [3.05, 3.63) is 12.3 Å². The molecule has 0 aliphatic heterocycles. The monoisotopic (exact) mass is 335 g/mol. The van der Waals surface area contributed by atoms with Crippen molar-refractivity contribution in [3.63, 3.8) is 0 Å². The van der Waals surface area contributed by atoms with Crippen molar-refractivity contribution >= 4 is 29.4 Å². The molecule has 0 amide bonds. The second kappa shape index (κ2) is 8.41. The third-order valence-corrected chi connectivity index (χ3v) is 3.09. The maximum atomic E-state index is 12.0. The van der Waals surface area contributed by atoms with Crippen LogP contribution >= 0.6 is 11.8 Å². The first-order chi connectivity index (χ1) is 10.3. The number of thioether (sulfide) groups is 1. The number of halogens is 3. The van der Waals surface area contributed by atoms with E-state index in [1.807, 2.05) is 0 Å². The van der Waals surface area contributed by atoms with Crippen LogP contribution in [0.4, 0.5) is 19.0 Å². The number of hydrogen-bond acceptors (Lipinski definition) is 5. The summed E-state index contributed by atoms with van der Waals surface area (Å²) in [6.07, 6.45) is -1.76. The summed E-state index contributed by atoms with van der Waals surface area (Å²) in [4.78, 5) is 11.3. The topological polar surface area (TPSA) is 126 Å². The first-order valence-electron chi connectivity index (χ1n) is 6.19. The molecule has 0 unspecified atom stereocenters. The third-order valence-electron chi connectivity index (χ3n) is 2.14. The van der Waals surface area contributed by atoms with Crippen LogP contribution in [-0.2, 0) is 0 Å². The minimum Gasteiger partial charge on any atom is -0.388 e. The molecule has 0 fully saturated rings. The van der Waals surface area contributed by atoms with E-state index in [0.29, 0.717) is 23.8 Å². The third kappa shape index (κ3) is 8.29. The van der Waals surface area contributed by atoms with Crippen LogP contribution in [-0.4, -0.2) is 40.2 Å². The van der Waals surface area contributed by atoms with Gasteiger partial charge in [0.2, 0.25) is 0 Å². The Balaban J connectivity index is 2.51. The Bertz CT molecular complexity index is 533. The summed E-state index contributed by atoms with van der Waals surface area (Å²) in [7, 11) is 0. The number of alkyl halides is 3. The summed E-state index contributed by atoms with van der Waals surface area (Å²) in [6, 6.07) is 1.47. The molecule has 1 aromatic heterocycles. The quantitative estimate of drug-likeness (QED) is 0.197. The average molecular weight is 335 g/mol. The van der Waals surface area contributed by atoms with Gasteiger partial charge in [0.25, 0.3) is 0 Å². The molecule has 1 aromatic rings. The van der Waals surface area contributed by atoms with Gasteiger partial charge in [-0.15, -0.1) is 0 Å². The zero-order valence-corrected chi connectivity index (χ0v) is 12.3. The van der Waals surface area contributed by atoms with Gasteiger partial charge in [-0.3, -0.25) is 5.41 Å². The highest BCUT2D eigenvalue weighted by molar-refractivity contribution is 7.99. The van der Waals surface area contributed by atoms with E-state index in [0.717, 1.165) is 0 Å². The summed E-state index contributed by atoms with van der Waals surface area (Å²) >= 11 is 1.35. The van der Waals surface area contributed by atoms with E-state index in [-0.39, 0.29) is 17.6 Å². The zero-order valence-electron chi connectivity index (χ0n) is 11.5. The van der Waals surface area contributed by atoms with Crippen molar-refractivity contribution in [1.82, 2.24) is 9.97 Å². The highest BCUT2D eigenvalue weighted by Gasteiger charge is 2.26. The van der Waals surface area contributed by atoms with E-state index in [4.69, 9.17) is 16.9 Å². The number of nitrogens with zero attached hydrogens (tertiary/aromatic N) is 3. The molecule has 11 heteroatoms. The molecule has 0 spiro atoms. The number of nitrogens with two attached hydrogens (primary N) is 2. The van der Waals surface area contributed by atoms with Crippen LogP contribution in [0.5, 0.6) is 0 Å². The van der Waals surface area contributed by atoms with Crippen LogP contribution in [0, 0.1) is 5.41 Å². The molecular formula is C11H16F3N7S. The van der Waals surface area contributed by atoms with Crippen LogP contribution in [0.25, 0.3) is 0 Å². The van der Waals surface area contributed by atoms with Crippen molar-refractivity contribution in [2.24, 2.45) is 16.5 Å². The van der Waals surface area contributed by atoms with E-state index >= 15 is 0 Å². The molecule has 0 aliphatic carbocycles. The highest BCUT2D eigenvalue weighted by atomic mass is 32.2. The molecular weight excluding hydrogens is 319 g/mol. The molecule has 0 saturated heterocycles. The molecule has 22 heavy (non-hydrogen) atoms. The minimum atomic E-state index is -4.41. The predicted octanol–water partition coefficient (Wildman–Crippen LogP) is 1.57. The molecule has 122 valence electrons. The van der Waals surface area contributed by atoms with Gasteiger partial charge in [0.1, 0.15) is 12.4 Å². The van der Waals surface area contributed by atoms with Crippen molar-refractivity contribution in [3.8, 4) is 0 Å².